The van der Waals surface area contributed by atoms with Gasteiger partial charge in [-0.2, -0.15) is 0 Å². The van der Waals surface area contributed by atoms with E-state index in [1.54, 1.807) is 20.2 Å². The van der Waals surface area contributed by atoms with Crippen molar-refractivity contribution >= 4 is 33.2 Å². The van der Waals surface area contributed by atoms with Crippen LogP contribution >= 0.6 is 11.6 Å². The maximum atomic E-state index is 12.3. The van der Waals surface area contributed by atoms with Gasteiger partial charge in [0.25, 0.3) is 5.91 Å². The number of carbonyl (C=O) groups is 1. The molecule has 0 radical (unpaired) electrons. The monoisotopic (exact) mass is 366 g/mol. The molecule has 1 amide bonds. The van der Waals surface area contributed by atoms with Crippen LogP contribution in [0.4, 0.5) is 5.69 Å². The molecule has 128 valence electrons. The lowest BCUT2D eigenvalue weighted by Gasteiger charge is -2.13. The predicted molar refractivity (Wildman–Crippen MR) is 96.9 cm³/mol. The Hall–Kier alpha value is -2.05. The van der Waals surface area contributed by atoms with Crippen LogP contribution in [-0.4, -0.2) is 33.3 Å². The van der Waals surface area contributed by atoms with Crippen molar-refractivity contribution in [3.8, 4) is 0 Å². The van der Waals surface area contributed by atoms with Crippen molar-refractivity contribution in [3.05, 3.63) is 64.2 Å². The van der Waals surface area contributed by atoms with Gasteiger partial charge in [0.05, 0.1) is 22.0 Å². The van der Waals surface area contributed by atoms with Crippen molar-refractivity contribution in [2.75, 3.05) is 18.8 Å². The van der Waals surface area contributed by atoms with Crippen LogP contribution in [0.3, 0.4) is 0 Å². The molecule has 1 N–H and O–H groups in total. The van der Waals surface area contributed by atoms with Gasteiger partial charge in [-0.3, -0.25) is 9.52 Å². The third kappa shape index (κ3) is 4.72. The van der Waals surface area contributed by atoms with E-state index in [0.717, 1.165) is 5.56 Å². The molecule has 0 aromatic heterocycles. The highest BCUT2D eigenvalue weighted by atomic mass is 35.5. The lowest BCUT2D eigenvalue weighted by Crippen LogP contribution is -2.22. The molecule has 2 aromatic carbocycles. The Kier molecular flexibility index (Phi) is 5.51. The van der Waals surface area contributed by atoms with Gasteiger partial charge in [0, 0.05) is 14.1 Å². The van der Waals surface area contributed by atoms with Crippen LogP contribution in [0.1, 0.15) is 21.5 Å². The van der Waals surface area contributed by atoms with Crippen LogP contribution in [0.2, 0.25) is 5.02 Å². The Balaban J connectivity index is 2.18. The van der Waals surface area contributed by atoms with E-state index >= 15 is 0 Å². The molecule has 0 bridgehead atoms. The van der Waals surface area contributed by atoms with Gasteiger partial charge in [-0.1, -0.05) is 41.4 Å². The summed E-state index contributed by atoms with van der Waals surface area (Å²) in [7, 11) is -0.330. The van der Waals surface area contributed by atoms with Gasteiger partial charge in [-0.25, -0.2) is 8.42 Å². The number of hydrogen-bond donors (Lipinski definition) is 1. The molecule has 0 aliphatic heterocycles. The zero-order chi connectivity index (χ0) is 17.9. The number of nitrogens with zero attached hydrogens (tertiary/aromatic N) is 1. The maximum Gasteiger partial charge on any atom is 0.254 e. The highest BCUT2D eigenvalue weighted by Crippen LogP contribution is 2.23. The minimum atomic E-state index is -3.57. The topological polar surface area (TPSA) is 66.5 Å². The summed E-state index contributed by atoms with van der Waals surface area (Å²) in [6.45, 7) is 1.91. The molecule has 2 aromatic rings. The van der Waals surface area contributed by atoms with Crippen molar-refractivity contribution in [1.82, 2.24) is 4.90 Å². The predicted octanol–water partition coefficient (Wildman–Crippen LogP) is 3.29. The van der Waals surface area contributed by atoms with Gasteiger partial charge in [-0.05, 0) is 30.7 Å². The molecule has 0 saturated carbocycles. The molecule has 0 unspecified atom stereocenters. The fourth-order valence-corrected chi connectivity index (χ4v) is 3.67. The minimum absolute atomic E-state index is 0.134. The third-order valence-electron chi connectivity index (χ3n) is 3.32. The van der Waals surface area contributed by atoms with E-state index in [1.165, 1.54) is 23.1 Å². The van der Waals surface area contributed by atoms with Gasteiger partial charge in [0.1, 0.15) is 0 Å². The largest absolute Gasteiger partial charge is 0.345 e. The Morgan fingerprint density at radius 3 is 2.46 bits per heavy atom. The minimum Gasteiger partial charge on any atom is -0.345 e. The molecule has 24 heavy (non-hydrogen) atoms. The lowest BCUT2D eigenvalue weighted by molar-refractivity contribution is 0.0828. The van der Waals surface area contributed by atoms with Crippen LogP contribution in [0.15, 0.2) is 42.5 Å². The SMILES string of the molecule is Cc1cccc(CS(=O)(=O)Nc2ccc(C(=O)N(C)C)c(Cl)c2)c1. The second-order valence-corrected chi connectivity index (χ2v) is 7.87. The zero-order valence-electron chi connectivity index (χ0n) is 13.7. The summed E-state index contributed by atoms with van der Waals surface area (Å²) in [6, 6.07) is 11.8. The molecule has 0 atom stereocenters. The van der Waals surface area contributed by atoms with Crippen molar-refractivity contribution in [2.24, 2.45) is 0 Å². The number of nitrogens with one attached hydrogen (secondary N) is 1. The number of amides is 1. The van der Waals surface area contributed by atoms with Gasteiger partial charge in [-0.15, -0.1) is 0 Å². The number of rotatable bonds is 5. The van der Waals surface area contributed by atoms with Crippen molar-refractivity contribution in [3.63, 3.8) is 0 Å². The summed E-state index contributed by atoms with van der Waals surface area (Å²) < 4.78 is 27.1. The van der Waals surface area contributed by atoms with E-state index in [9.17, 15) is 13.2 Å². The standard InChI is InChI=1S/C17H19ClN2O3S/c1-12-5-4-6-13(9-12)11-24(22,23)19-14-7-8-15(16(18)10-14)17(21)20(2)3/h4-10,19H,11H2,1-3H3. The molecule has 0 aliphatic rings. The fraction of sp³-hybridized carbons (Fsp3) is 0.235. The van der Waals surface area contributed by atoms with E-state index in [-0.39, 0.29) is 16.7 Å². The van der Waals surface area contributed by atoms with Gasteiger partial charge in [0.2, 0.25) is 10.0 Å². The molecule has 0 spiro atoms. The summed E-state index contributed by atoms with van der Waals surface area (Å²) in [5.41, 5.74) is 2.34. The lowest BCUT2D eigenvalue weighted by atomic mass is 10.2. The molecule has 0 saturated heterocycles. The Labute approximate surface area is 147 Å². The fourth-order valence-electron chi connectivity index (χ4n) is 2.23. The Morgan fingerprint density at radius 2 is 1.88 bits per heavy atom. The molecular formula is C17H19ClN2O3S. The number of halogens is 1. The highest BCUT2D eigenvalue weighted by Gasteiger charge is 2.16. The van der Waals surface area contributed by atoms with E-state index in [4.69, 9.17) is 11.6 Å². The first kappa shape index (κ1) is 18.3. The smallest absolute Gasteiger partial charge is 0.254 e. The average molecular weight is 367 g/mol. The normalized spacial score (nSPS) is 11.2. The van der Waals surface area contributed by atoms with Gasteiger partial charge in [0.15, 0.2) is 0 Å². The first-order valence-electron chi connectivity index (χ1n) is 7.25. The summed E-state index contributed by atoms with van der Waals surface area (Å²) in [5.74, 6) is -0.376. The molecule has 5 nitrogen and oxygen atoms in total. The number of aryl methyl sites for hydroxylation is 1. The van der Waals surface area contributed by atoms with Crippen LogP contribution in [0.5, 0.6) is 0 Å². The maximum absolute atomic E-state index is 12.3. The highest BCUT2D eigenvalue weighted by molar-refractivity contribution is 7.91. The van der Waals surface area contributed by atoms with Crippen molar-refractivity contribution in [1.29, 1.82) is 0 Å². The van der Waals surface area contributed by atoms with E-state index in [2.05, 4.69) is 4.72 Å². The van der Waals surface area contributed by atoms with Crippen molar-refractivity contribution in [2.45, 2.75) is 12.7 Å². The van der Waals surface area contributed by atoms with Crippen LogP contribution in [0.25, 0.3) is 0 Å². The Bertz CT molecular complexity index is 864. The molecule has 7 heteroatoms. The zero-order valence-corrected chi connectivity index (χ0v) is 15.3. The van der Waals surface area contributed by atoms with Crippen LogP contribution in [0, 0.1) is 6.92 Å². The van der Waals surface area contributed by atoms with Gasteiger partial charge >= 0.3 is 0 Å². The van der Waals surface area contributed by atoms with Crippen molar-refractivity contribution < 1.29 is 13.2 Å². The Morgan fingerprint density at radius 1 is 1.17 bits per heavy atom. The molecule has 2 rings (SSSR count). The number of benzene rings is 2. The molecule has 0 aliphatic carbocycles. The number of hydrogen-bond acceptors (Lipinski definition) is 3. The second-order valence-electron chi connectivity index (χ2n) is 5.74. The first-order chi connectivity index (χ1) is 11.2. The average Bonchev–Trinajstić information content (AvgIpc) is 2.45. The molecule has 0 heterocycles. The summed E-state index contributed by atoms with van der Waals surface area (Å²) in [4.78, 5) is 13.3. The van der Waals surface area contributed by atoms with Crippen LogP contribution < -0.4 is 4.72 Å². The van der Waals surface area contributed by atoms with E-state index < -0.39 is 10.0 Å². The van der Waals surface area contributed by atoms with Crippen LogP contribution in [-0.2, 0) is 15.8 Å². The molecular weight excluding hydrogens is 348 g/mol. The number of anilines is 1. The summed E-state index contributed by atoms with van der Waals surface area (Å²) in [6.07, 6.45) is 0. The molecule has 0 fully saturated rings. The first-order valence-corrected chi connectivity index (χ1v) is 9.28. The number of sulfonamides is 1. The third-order valence-corrected chi connectivity index (χ3v) is 4.89. The summed E-state index contributed by atoms with van der Waals surface area (Å²) >= 11 is 6.10. The van der Waals surface area contributed by atoms with E-state index in [1.807, 2.05) is 25.1 Å². The number of carbonyl (C=O) groups excluding carboxylic acids is 1. The summed E-state index contributed by atoms with van der Waals surface area (Å²) in [5, 5.41) is 0.199. The van der Waals surface area contributed by atoms with Gasteiger partial charge < -0.3 is 4.90 Å². The van der Waals surface area contributed by atoms with E-state index in [0.29, 0.717) is 16.8 Å². The quantitative estimate of drug-likeness (QED) is 0.882. The second kappa shape index (κ2) is 7.23.